The number of aromatic carboxylic acids is 1. The van der Waals surface area contributed by atoms with Crippen LogP contribution in [0, 0.1) is 0 Å². The summed E-state index contributed by atoms with van der Waals surface area (Å²) < 4.78 is 52.7. The molecule has 11 rings (SSSR count). The molecule has 0 aliphatic rings. The zero-order valence-corrected chi connectivity index (χ0v) is 68.6. The maximum absolute atomic E-state index is 12.3. The molecular weight excluding hydrogens is 1590 g/mol. The third-order valence-electron chi connectivity index (χ3n) is 14.9. The topological polar surface area (TPSA) is 388 Å². The number of thioether (sulfide) groups is 3. The van der Waals surface area contributed by atoms with Crippen LogP contribution in [0.4, 0.5) is 34.4 Å². The van der Waals surface area contributed by atoms with Gasteiger partial charge in [0.2, 0.25) is 0 Å². The van der Waals surface area contributed by atoms with E-state index in [1.54, 1.807) is 68.6 Å². The number of benzene rings is 8. The summed E-state index contributed by atoms with van der Waals surface area (Å²) in [5.74, 6) is 3.67. The van der Waals surface area contributed by atoms with Crippen molar-refractivity contribution in [2.45, 2.75) is 36.7 Å². The monoisotopic (exact) mass is 1680 g/mol. The van der Waals surface area contributed by atoms with Gasteiger partial charge in [-0.2, -0.15) is 0 Å². The second-order valence-corrected chi connectivity index (χ2v) is 25.4. The van der Waals surface area contributed by atoms with Crippen LogP contribution < -0.4 is 84.3 Å². The summed E-state index contributed by atoms with van der Waals surface area (Å²) in [7, 11) is 11.2. The predicted molar refractivity (Wildman–Crippen MR) is 448 cm³/mol. The molecule has 0 saturated carbocycles. The van der Waals surface area contributed by atoms with E-state index in [0.717, 1.165) is 60.7 Å². The molecule has 27 nitrogen and oxygen atoms in total. The molecule has 0 saturated heterocycles. The average Bonchev–Trinajstić information content (AvgIpc) is 0.841. The molecular formula is C79H88BBrClLiN10O17S3. The van der Waals surface area contributed by atoms with Crippen molar-refractivity contribution in [3.8, 4) is 79.4 Å². The molecule has 11 aromatic rings. The fourth-order valence-electron chi connectivity index (χ4n) is 9.54. The summed E-state index contributed by atoms with van der Waals surface area (Å²) in [6.07, 6.45) is 9.70. The first-order chi connectivity index (χ1) is 53.0. The zero-order valence-electron chi connectivity index (χ0n) is 63.8. The first-order valence-electron chi connectivity index (χ1n) is 32.9. The van der Waals surface area contributed by atoms with E-state index in [1.807, 2.05) is 170 Å². The number of anilines is 6. The molecule has 34 heteroatoms. The second kappa shape index (κ2) is 50.4. The van der Waals surface area contributed by atoms with Crippen LogP contribution in [0.15, 0.2) is 208 Å². The molecule has 0 aliphatic carbocycles. The first kappa shape index (κ1) is 96.6. The fraction of sp³-hybridized carbons (Fsp3) is 0.203. The summed E-state index contributed by atoms with van der Waals surface area (Å²) in [5.41, 5.74) is 21.0. The minimum atomic E-state index is -1.49. The predicted octanol–water partition coefficient (Wildman–Crippen LogP) is 13.0. The van der Waals surface area contributed by atoms with E-state index < -0.39 is 25.0 Å². The van der Waals surface area contributed by atoms with Gasteiger partial charge >= 0.3 is 43.9 Å². The number of carbonyl (C=O) groups is 3. The number of nitrogens with zero attached hydrogens (tertiary/aromatic N) is 6. The SMILES string of the molecule is C.CCOC(=O)c1cnc(SC)nc1Cl.CCOC(=O)c1cnc(SC)nc1Nc1cccc(-c2ccc(OC)c(OC)c2)c1.COc1ccc(-c2cccc(N)c2)cc1OC.COc1ccc(-c2cccc(Nc3nc(SC)ncc3C(=O)O)c2)cc1OC.COc1ccc(B(O)O)cc1OC.Nc1cccc(Br)c1.[Li+].[OH-]. The Balaban J connectivity index is 0.000000366. The van der Waals surface area contributed by atoms with Crippen LogP contribution in [0.25, 0.3) is 33.4 Å². The standard InChI is InChI=1S/C22H23N3O4S.C20H19N3O4S.C14H15NO2.C8H11BO4.C8H9ClN2O2S.C6H6BrN.CH4.Li.H2O/c1-5-29-21(26)17-13-23-22(30-4)25-20(17)24-16-8-6-7-14(11-16)15-9-10-18(27-2)19(12-15)28-3;1-26-16-8-7-13(10-17(16)27-2)12-5-4-6-14(9-12)22-18-15(19(24)25)11-21-20(23-18)28-3;1-16-13-7-6-11(9-14(13)17-2)10-4-3-5-12(15)8-10;1-12-7-4-3-6(9(10)11)5-8(7)13-2;1-3-13-7(12)5-4-10-8(14-2)11-6(5)9;7-5-2-1-3-6(8)4-5;;;/h6-13H,5H2,1-4H3,(H,23,24,25);4-11H,1-3H3,(H,24,25)(H,21,22,23);3-9H,15H2,1-2H3;3-5,10-11H,1-2H3;4H,3H2,1-2H3;1-4H,8H2;1H4;;1H2/q;;;;;;;+1;/p-1. The van der Waals surface area contributed by atoms with Crippen LogP contribution in [0.3, 0.4) is 0 Å². The smallest absolute Gasteiger partial charge is 0.870 e. The number of nitrogen functional groups attached to an aromatic ring is 2. The minimum Gasteiger partial charge on any atom is -0.870 e. The normalized spacial score (nSPS) is 9.81. The van der Waals surface area contributed by atoms with Crippen LogP contribution in [0.5, 0.6) is 46.0 Å². The first-order valence-corrected chi connectivity index (χ1v) is 37.7. The Morgan fingerprint density at radius 2 is 0.788 bits per heavy atom. The van der Waals surface area contributed by atoms with E-state index in [9.17, 15) is 19.5 Å². The summed E-state index contributed by atoms with van der Waals surface area (Å²) in [4.78, 5) is 59.8. The van der Waals surface area contributed by atoms with Gasteiger partial charge in [0, 0.05) is 45.8 Å². The van der Waals surface area contributed by atoms with Crippen LogP contribution in [0.1, 0.15) is 52.3 Å². The van der Waals surface area contributed by atoms with Crippen LogP contribution in [-0.4, -0.2) is 164 Å². The number of esters is 2. The summed E-state index contributed by atoms with van der Waals surface area (Å²) >= 11 is 13.1. The number of carboxylic acids is 1. The number of hydrogen-bond donors (Lipinski definition) is 7. The van der Waals surface area contributed by atoms with Crippen LogP contribution in [-0.2, 0) is 9.47 Å². The van der Waals surface area contributed by atoms with Crippen LogP contribution in [0.2, 0.25) is 5.15 Å². The van der Waals surface area contributed by atoms with Gasteiger partial charge in [-0.3, -0.25) is 0 Å². The van der Waals surface area contributed by atoms with Crippen molar-refractivity contribution in [1.29, 1.82) is 0 Å². The van der Waals surface area contributed by atoms with Crippen molar-refractivity contribution in [2.24, 2.45) is 0 Å². The van der Waals surface area contributed by atoms with Gasteiger partial charge in [0.15, 0.2) is 61.5 Å². The molecule has 0 aliphatic heterocycles. The van der Waals surface area contributed by atoms with Gasteiger partial charge in [-0.25, -0.2) is 44.3 Å². The van der Waals surface area contributed by atoms with E-state index >= 15 is 0 Å². The molecule has 0 atom stereocenters. The Kier molecular flexibility index (Phi) is 43.1. The largest absolute Gasteiger partial charge is 1.00 e. The van der Waals surface area contributed by atoms with Crippen molar-refractivity contribution in [3.05, 3.63) is 215 Å². The van der Waals surface area contributed by atoms with Crippen molar-refractivity contribution < 1.29 is 101 Å². The molecule has 8 aromatic carbocycles. The number of nitrogens with two attached hydrogens (primary N) is 2. The molecule has 0 unspecified atom stereocenters. The van der Waals surface area contributed by atoms with Crippen molar-refractivity contribution >= 4 is 128 Å². The fourth-order valence-corrected chi connectivity index (χ4v) is 11.2. The molecule has 3 aromatic heterocycles. The zero-order chi connectivity index (χ0) is 80.2. The molecule has 0 spiro atoms. The number of halogens is 2. The quantitative estimate of drug-likeness (QED) is 0.00738. The van der Waals surface area contributed by atoms with Gasteiger partial charge in [-0.1, -0.05) is 137 Å². The number of hydrogen-bond acceptors (Lipinski definition) is 29. The molecule has 0 radical (unpaired) electrons. The van der Waals surface area contributed by atoms with Gasteiger partial charge < -0.3 is 90.1 Å². The van der Waals surface area contributed by atoms with E-state index in [-0.39, 0.29) is 66.0 Å². The van der Waals surface area contributed by atoms with E-state index in [1.165, 1.54) is 74.2 Å². The molecule has 0 fully saturated rings. The Morgan fingerprint density at radius 3 is 1.14 bits per heavy atom. The average molecular weight is 1680 g/mol. The number of methoxy groups -OCH3 is 8. The van der Waals surface area contributed by atoms with E-state index in [2.05, 4.69) is 56.5 Å². The van der Waals surface area contributed by atoms with Crippen molar-refractivity contribution in [2.75, 3.05) is 111 Å². The summed E-state index contributed by atoms with van der Waals surface area (Å²) in [6.45, 7) is 4.06. The van der Waals surface area contributed by atoms with E-state index in [0.29, 0.717) is 79.3 Å². The van der Waals surface area contributed by atoms with Gasteiger partial charge in [0.05, 0.1) is 70.1 Å². The van der Waals surface area contributed by atoms with Gasteiger partial charge in [-0.05, 0) is 175 Å². The van der Waals surface area contributed by atoms with Crippen molar-refractivity contribution in [3.63, 3.8) is 0 Å². The van der Waals surface area contributed by atoms with Gasteiger partial charge in [0.25, 0.3) is 0 Å². The molecule has 113 heavy (non-hydrogen) atoms. The second-order valence-electron chi connectivity index (χ2n) is 21.8. The number of carboxylic acid groups (broad SMARTS) is 1. The van der Waals surface area contributed by atoms with Crippen LogP contribution >= 0.6 is 62.8 Å². The Labute approximate surface area is 695 Å². The summed E-state index contributed by atoms with van der Waals surface area (Å²) in [5, 5.41) is 35.1. The minimum absolute atomic E-state index is 0. The molecule has 0 amide bonds. The molecule has 3 heterocycles. The van der Waals surface area contributed by atoms with E-state index in [4.69, 9.17) is 80.5 Å². The number of ether oxygens (including phenoxy) is 10. The number of nitrogens with one attached hydrogen (secondary N) is 2. The molecule has 10 N–H and O–H groups in total. The summed E-state index contributed by atoms with van der Waals surface area (Å²) in [6, 6.07) is 52.6. The Morgan fingerprint density at radius 1 is 0.451 bits per heavy atom. The van der Waals surface area contributed by atoms with Gasteiger partial charge in [0.1, 0.15) is 33.5 Å². The maximum Gasteiger partial charge on any atom is 1.00 e. The number of aromatic nitrogens is 6. The third-order valence-corrected chi connectivity index (χ3v) is 17.3. The third kappa shape index (κ3) is 29.4. The Hall–Kier alpha value is -10.6. The molecule has 0 bridgehead atoms. The van der Waals surface area contributed by atoms with Crippen molar-refractivity contribution in [1.82, 2.24) is 29.9 Å². The Bertz CT molecular complexity index is 4850. The maximum atomic E-state index is 12.3. The van der Waals surface area contributed by atoms with Gasteiger partial charge in [-0.15, -0.1) is 0 Å². The number of carbonyl (C=O) groups excluding carboxylic acids is 2. The number of rotatable bonds is 24. The molecule has 592 valence electrons.